The Balaban J connectivity index is 1.24. The Bertz CT molecular complexity index is 1230. The zero-order valence-electron chi connectivity index (χ0n) is 20.9. The number of imidazole rings is 1. The van der Waals surface area contributed by atoms with Gasteiger partial charge in [-0.15, -0.1) is 0 Å². The summed E-state index contributed by atoms with van der Waals surface area (Å²) in [6.45, 7) is 2.84. The molecule has 3 aromatic rings. The number of hydrogen-bond donors (Lipinski definition) is 1. The van der Waals surface area contributed by atoms with E-state index >= 15 is 0 Å². The number of carbonyl (C=O) groups is 2. The van der Waals surface area contributed by atoms with Crippen molar-refractivity contribution in [2.24, 2.45) is 23.2 Å². The highest BCUT2D eigenvalue weighted by molar-refractivity contribution is 5.93. The number of nitrogens with zero attached hydrogens (tertiary/aromatic N) is 3. The molecule has 4 saturated carbocycles. The first-order chi connectivity index (χ1) is 17.5. The molecule has 1 amide bonds. The lowest BCUT2D eigenvalue weighted by atomic mass is 9.49. The molecule has 188 valence electrons. The van der Waals surface area contributed by atoms with Gasteiger partial charge in [-0.3, -0.25) is 19.0 Å². The van der Waals surface area contributed by atoms with Gasteiger partial charge in [0.15, 0.2) is 0 Å². The van der Waals surface area contributed by atoms with Crippen LogP contribution in [0.15, 0.2) is 48.8 Å². The van der Waals surface area contributed by atoms with Gasteiger partial charge in [0.2, 0.25) is 0 Å². The number of fused-ring (bicyclic) bond motifs is 1. The smallest absolute Gasteiger partial charge is 0.315 e. The second-order valence-corrected chi connectivity index (χ2v) is 11.2. The van der Waals surface area contributed by atoms with Crippen LogP contribution in [0.2, 0.25) is 0 Å². The van der Waals surface area contributed by atoms with Crippen molar-refractivity contribution >= 4 is 17.5 Å². The molecule has 4 aliphatic carbocycles. The number of esters is 1. The number of hydrogen-bond acceptors (Lipinski definition) is 5. The van der Waals surface area contributed by atoms with Crippen molar-refractivity contribution in [3.05, 3.63) is 65.9 Å². The molecule has 0 saturated heterocycles. The van der Waals surface area contributed by atoms with E-state index in [2.05, 4.69) is 10.3 Å². The molecule has 4 fully saturated rings. The van der Waals surface area contributed by atoms with Gasteiger partial charge in [-0.05, 0) is 92.9 Å². The second-order valence-electron chi connectivity index (χ2n) is 11.2. The topological polar surface area (TPSA) is 85.6 Å². The van der Waals surface area contributed by atoms with Crippen LogP contribution in [0.1, 0.15) is 73.2 Å². The van der Waals surface area contributed by atoms with Crippen LogP contribution >= 0.6 is 0 Å². The number of aromatic nitrogens is 3. The van der Waals surface area contributed by atoms with Crippen molar-refractivity contribution in [2.75, 3.05) is 13.2 Å². The molecule has 0 aromatic carbocycles. The average molecular weight is 487 g/mol. The summed E-state index contributed by atoms with van der Waals surface area (Å²) in [7, 11) is 0. The minimum Gasteiger partial charge on any atom is -0.465 e. The van der Waals surface area contributed by atoms with Gasteiger partial charge in [0.25, 0.3) is 5.91 Å². The van der Waals surface area contributed by atoms with E-state index in [1.165, 1.54) is 38.5 Å². The summed E-state index contributed by atoms with van der Waals surface area (Å²) >= 11 is 0. The molecule has 0 radical (unpaired) electrons. The van der Waals surface area contributed by atoms with E-state index in [-0.39, 0.29) is 17.3 Å². The fraction of sp³-hybridized carbons (Fsp3) is 0.517. The molecule has 7 heteroatoms. The number of nitrogens with one attached hydrogen (secondary N) is 1. The Kier molecular flexibility index (Phi) is 6.02. The van der Waals surface area contributed by atoms with Crippen LogP contribution in [0.3, 0.4) is 0 Å². The third kappa shape index (κ3) is 4.40. The standard InChI is InChI=1S/C29H34N4O3/c1-2-36-28(35)23(13-22-6-3-4-9-30-22)24-17-33-25(7-5-8-26(33)32-24)27(34)31-18-29-14-19-10-20(15-29)12-21(11-19)16-29/h3-9,17,19-21,23H,2,10-16,18H2,1H3,(H,31,34). The minimum atomic E-state index is -0.595. The molecule has 1 unspecified atom stereocenters. The van der Waals surface area contributed by atoms with Gasteiger partial charge in [0, 0.05) is 31.1 Å². The van der Waals surface area contributed by atoms with Crippen LogP contribution in [0.4, 0.5) is 0 Å². The predicted molar refractivity (Wildman–Crippen MR) is 135 cm³/mol. The number of ether oxygens (including phenoxy) is 1. The molecule has 4 aliphatic rings. The predicted octanol–water partition coefficient (Wildman–Crippen LogP) is 4.56. The van der Waals surface area contributed by atoms with E-state index < -0.39 is 5.92 Å². The normalized spacial score (nSPS) is 27.2. The van der Waals surface area contributed by atoms with E-state index in [4.69, 9.17) is 9.72 Å². The summed E-state index contributed by atoms with van der Waals surface area (Å²) < 4.78 is 7.17. The van der Waals surface area contributed by atoms with Crippen LogP contribution < -0.4 is 5.32 Å². The highest BCUT2D eigenvalue weighted by Crippen LogP contribution is 2.59. The molecular weight excluding hydrogens is 452 g/mol. The first-order valence-electron chi connectivity index (χ1n) is 13.3. The van der Waals surface area contributed by atoms with Crippen molar-refractivity contribution in [1.29, 1.82) is 0 Å². The van der Waals surface area contributed by atoms with Gasteiger partial charge in [-0.25, -0.2) is 4.98 Å². The molecule has 4 bridgehead atoms. The first-order valence-corrected chi connectivity index (χ1v) is 13.3. The Morgan fingerprint density at radius 3 is 2.50 bits per heavy atom. The van der Waals surface area contributed by atoms with Crippen LogP contribution in [0.25, 0.3) is 5.65 Å². The van der Waals surface area contributed by atoms with Crippen LogP contribution in [0.5, 0.6) is 0 Å². The molecular formula is C29H34N4O3. The second kappa shape index (κ2) is 9.34. The zero-order valence-corrected chi connectivity index (χ0v) is 20.9. The largest absolute Gasteiger partial charge is 0.465 e. The summed E-state index contributed by atoms with van der Waals surface area (Å²) in [5.41, 5.74) is 2.83. The van der Waals surface area contributed by atoms with Gasteiger partial charge < -0.3 is 10.1 Å². The zero-order chi connectivity index (χ0) is 24.7. The van der Waals surface area contributed by atoms with Crippen molar-refractivity contribution in [1.82, 2.24) is 19.7 Å². The summed E-state index contributed by atoms with van der Waals surface area (Å²) in [6, 6.07) is 11.2. The van der Waals surface area contributed by atoms with Crippen LogP contribution in [0, 0.1) is 23.2 Å². The van der Waals surface area contributed by atoms with Crippen molar-refractivity contribution in [3.63, 3.8) is 0 Å². The maximum absolute atomic E-state index is 13.4. The Labute approximate surface area is 211 Å². The fourth-order valence-corrected chi connectivity index (χ4v) is 7.53. The molecule has 3 aromatic heterocycles. The SMILES string of the molecule is CCOC(=O)C(Cc1ccccn1)c1cn2c(C(=O)NCC34CC5CC(CC(C5)C3)C4)cccc2n1. The molecule has 0 spiro atoms. The third-order valence-corrected chi connectivity index (χ3v) is 8.60. The van der Waals surface area contributed by atoms with Gasteiger partial charge >= 0.3 is 5.97 Å². The van der Waals surface area contributed by atoms with E-state index in [1.54, 1.807) is 23.7 Å². The van der Waals surface area contributed by atoms with E-state index in [9.17, 15) is 9.59 Å². The molecule has 1 N–H and O–H groups in total. The van der Waals surface area contributed by atoms with Gasteiger partial charge in [-0.2, -0.15) is 0 Å². The lowest BCUT2D eigenvalue weighted by Crippen LogP contribution is -2.51. The summed E-state index contributed by atoms with van der Waals surface area (Å²) in [6.07, 6.45) is 11.9. The average Bonchev–Trinajstić information content (AvgIpc) is 3.30. The highest BCUT2D eigenvalue weighted by Gasteiger charge is 2.50. The maximum atomic E-state index is 13.4. The Morgan fingerprint density at radius 2 is 1.83 bits per heavy atom. The quantitative estimate of drug-likeness (QED) is 0.472. The molecule has 1 atom stereocenters. The van der Waals surface area contributed by atoms with Gasteiger partial charge in [0.05, 0.1) is 12.3 Å². The highest BCUT2D eigenvalue weighted by atomic mass is 16.5. The summed E-state index contributed by atoms with van der Waals surface area (Å²) in [4.78, 5) is 35.4. The van der Waals surface area contributed by atoms with Crippen molar-refractivity contribution in [2.45, 2.75) is 57.8 Å². The van der Waals surface area contributed by atoms with E-state index in [1.807, 2.05) is 36.4 Å². The third-order valence-electron chi connectivity index (χ3n) is 8.60. The lowest BCUT2D eigenvalue weighted by Gasteiger charge is -2.56. The Hall–Kier alpha value is -3.22. The molecule has 0 aliphatic heterocycles. The van der Waals surface area contributed by atoms with Gasteiger partial charge in [-0.1, -0.05) is 12.1 Å². The summed E-state index contributed by atoms with van der Waals surface area (Å²) in [5.74, 6) is 1.55. The maximum Gasteiger partial charge on any atom is 0.315 e. The molecule has 7 rings (SSSR count). The Morgan fingerprint density at radius 1 is 1.08 bits per heavy atom. The van der Waals surface area contributed by atoms with Crippen molar-refractivity contribution in [3.8, 4) is 0 Å². The van der Waals surface area contributed by atoms with E-state index in [0.717, 1.165) is 30.0 Å². The number of pyridine rings is 2. The fourth-order valence-electron chi connectivity index (χ4n) is 7.53. The molecule has 3 heterocycles. The lowest BCUT2D eigenvalue weighted by molar-refractivity contribution is -0.145. The van der Waals surface area contributed by atoms with Crippen LogP contribution in [-0.4, -0.2) is 39.4 Å². The number of carbonyl (C=O) groups excluding carboxylic acids is 2. The van der Waals surface area contributed by atoms with Gasteiger partial charge in [0.1, 0.15) is 17.3 Å². The number of rotatable bonds is 8. The molecule has 7 nitrogen and oxygen atoms in total. The first kappa shape index (κ1) is 23.2. The number of amides is 1. The minimum absolute atomic E-state index is 0.0855. The molecule has 36 heavy (non-hydrogen) atoms. The monoisotopic (exact) mass is 486 g/mol. The van der Waals surface area contributed by atoms with E-state index in [0.29, 0.717) is 30.1 Å². The van der Waals surface area contributed by atoms with Crippen LogP contribution in [-0.2, 0) is 16.0 Å². The van der Waals surface area contributed by atoms with Crippen molar-refractivity contribution < 1.29 is 14.3 Å². The summed E-state index contributed by atoms with van der Waals surface area (Å²) in [5, 5.41) is 3.28.